The lowest BCUT2D eigenvalue weighted by Crippen LogP contribution is -2.05. The van der Waals surface area contributed by atoms with Gasteiger partial charge in [-0.2, -0.15) is 0 Å². The molecule has 4 heteroatoms. The predicted molar refractivity (Wildman–Crippen MR) is 81.6 cm³/mol. The molecule has 4 nitrogen and oxygen atoms in total. The fourth-order valence-electron chi connectivity index (χ4n) is 2.11. The number of hydrogen-bond donors (Lipinski definition) is 3. The Bertz CT molecular complexity index is 636. The normalized spacial score (nSPS) is 10.6. The van der Waals surface area contributed by atoms with Crippen molar-refractivity contribution in [2.45, 2.75) is 19.8 Å². The zero-order valence-corrected chi connectivity index (χ0v) is 11.6. The minimum Gasteiger partial charge on any atom is -0.478 e. The lowest BCUT2D eigenvalue weighted by atomic mass is 10.0. The van der Waals surface area contributed by atoms with Crippen molar-refractivity contribution >= 4 is 23.0 Å². The summed E-state index contributed by atoms with van der Waals surface area (Å²) in [6, 6.07) is 12.6. The van der Waals surface area contributed by atoms with Crippen LogP contribution in [0.1, 0.15) is 35.7 Å². The average molecular weight is 270 g/mol. The molecular weight excluding hydrogens is 252 g/mol. The van der Waals surface area contributed by atoms with Crippen molar-refractivity contribution in [2.75, 3.05) is 11.1 Å². The molecule has 0 radical (unpaired) electrons. The van der Waals surface area contributed by atoms with Crippen LogP contribution in [0, 0.1) is 0 Å². The molecule has 2 aromatic rings. The quantitative estimate of drug-likeness (QED) is 0.738. The molecule has 0 unspecified atom stereocenters. The number of rotatable bonds is 4. The van der Waals surface area contributed by atoms with E-state index in [1.54, 1.807) is 12.1 Å². The van der Waals surface area contributed by atoms with Crippen LogP contribution in [0.2, 0.25) is 0 Å². The number of aromatic carboxylic acids is 1. The molecule has 0 saturated carbocycles. The fraction of sp³-hybridized carbons (Fsp3) is 0.188. The van der Waals surface area contributed by atoms with Gasteiger partial charge < -0.3 is 16.2 Å². The molecule has 0 bridgehead atoms. The summed E-state index contributed by atoms with van der Waals surface area (Å²) in [4.78, 5) is 11.3. The molecule has 2 aromatic carbocycles. The first-order valence-corrected chi connectivity index (χ1v) is 6.48. The molecule has 104 valence electrons. The van der Waals surface area contributed by atoms with Crippen LogP contribution >= 0.6 is 0 Å². The molecule has 0 aromatic heterocycles. The Hall–Kier alpha value is -2.49. The van der Waals surface area contributed by atoms with Crippen molar-refractivity contribution in [2.24, 2.45) is 0 Å². The molecule has 0 amide bonds. The summed E-state index contributed by atoms with van der Waals surface area (Å²) in [7, 11) is 0. The van der Waals surface area contributed by atoms with Crippen LogP contribution in [0.25, 0.3) is 0 Å². The number of hydrogen-bond acceptors (Lipinski definition) is 3. The SMILES string of the molecule is CC(C)c1ccccc1Nc1cc(N)ccc1C(=O)O. The van der Waals surface area contributed by atoms with Gasteiger partial charge >= 0.3 is 5.97 Å². The number of nitrogen functional groups attached to an aromatic ring is 1. The second-order valence-corrected chi connectivity index (χ2v) is 4.98. The highest BCUT2D eigenvalue weighted by Gasteiger charge is 2.12. The van der Waals surface area contributed by atoms with E-state index in [-0.39, 0.29) is 5.56 Å². The van der Waals surface area contributed by atoms with Gasteiger partial charge in [0.2, 0.25) is 0 Å². The van der Waals surface area contributed by atoms with E-state index in [0.717, 1.165) is 11.3 Å². The molecule has 0 aliphatic rings. The van der Waals surface area contributed by atoms with Gasteiger partial charge in [-0.25, -0.2) is 4.79 Å². The zero-order chi connectivity index (χ0) is 14.7. The van der Waals surface area contributed by atoms with Gasteiger partial charge in [-0.3, -0.25) is 0 Å². The molecule has 2 rings (SSSR count). The van der Waals surface area contributed by atoms with Gasteiger partial charge in [0.1, 0.15) is 0 Å². The third-order valence-corrected chi connectivity index (χ3v) is 3.13. The van der Waals surface area contributed by atoms with Gasteiger partial charge in [-0.1, -0.05) is 32.0 Å². The largest absolute Gasteiger partial charge is 0.478 e. The topological polar surface area (TPSA) is 75.3 Å². The van der Waals surface area contributed by atoms with Crippen LogP contribution < -0.4 is 11.1 Å². The Morgan fingerprint density at radius 3 is 2.50 bits per heavy atom. The van der Waals surface area contributed by atoms with Crippen LogP contribution in [0.5, 0.6) is 0 Å². The molecule has 4 N–H and O–H groups in total. The number of carboxylic acid groups (broad SMARTS) is 1. The molecule has 0 aliphatic carbocycles. The fourth-order valence-corrected chi connectivity index (χ4v) is 2.11. The van der Waals surface area contributed by atoms with Crippen molar-refractivity contribution in [3.8, 4) is 0 Å². The van der Waals surface area contributed by atoms with Crippen molar-refractivity contribution in [1.29, 1.82) is 0 Å². The maximum Gasteiger partial charge on any atom is 0.337 e. The third-order valence-electron chi connectivity index (χ3n) is 3.13. The summed E-state index contributed by atoms with van der Waals surface area (Å²) >= 11 is 0. The summed E-state index contributed by atoms with van der Waals surface area (Å²) in [5, 5.41) is 12.4. The van der Waals surface area contributed by atoms with Crippen molar-refractivity contribution in [1.82, 2.24) is 0 Å². The number of para-hydroxylation sites is 1. The highest BCUT2D eigenvalue weighted by atomic mass is 16.4. The lowest BCUT2D eigenvalue weighted by molar-refractivity contribution is 0.0698. The molecule has 20 heavy (non-hydrogen) atoms. The third kappa shape index (κ3) is 2.91. The Morgan fingerprint density at radius 2 is 1.85 bits per heavy atom. The number of nitrogens with one attached hydrogen (secondary N) is 1. The van der Waals surface area contributed by atoms with Crippen molar-refractivity contribution in [3.05, 3.63) is 53.6 Å². The molecular formula is C16H18N2O2. The van der Waals surface area contributed by atoms with Gasteiger partial charge in [-0.05, 0) is 35.7 Å². The van der Waals surface area contributed by atoms with Crippen LogP contribution in [-0.2, 0) is 0 Å². The van der Waals surface area contributed by atoms with E-state index in [2.05, 4.69) is 19.2 Å². The van der Waals surface area contributed by atoms with E-state index in [1.807, 2.05) is 24.3 Å². The average Bonchev–Trinajstić information content (AvgIpc) is 2.38. The highest BCUT2D eigenvalue weighted by Crippen LogP contribution is 2.29. The Balaban J connectivity index is 2.45. The van der Waals surface area contributed by atoms with Crippen LogP contribution in [0.4, 0.5) is 17.1 Å². The van der Waals surface area contributed by atoms with Gasteiger partial charge in [-0.15, -0.1) is 0 Å². The lowest BCUT2D eigenvalue weighted by Gasteiger charge is -2.16. The molecule has 0 spiro atoms. The van der Waals surface area contributed by atoms with Crippen LogP contribution in [0.15, 0.2) is 42.5 Å². The first-order valence-electron chi connectivity index (χ1n) is 6.48. The number of anilines is 3. The van der Waals surface area contributed by atoms with E-state index in [0.29, 0.717) is 17.3 Å². The maximum absolute atomic E-state index is 11.3. The zero-order valence-electron chi connectivity index (χ0n) is 11.6. The van der Waals surface area contributed by atoms with Crippen LogP contribution in [-0.4, -0.2) is 11.1 Å². The summed E-state index contributed by atoms with van der Waals surface area (Å²) in [5.41, 5.74) is 9.01. The summed E-state index contributed by atoms with van der Waals surface area (Å²) < 4.78 is 0. The second-order valence-electron chi connectivity index (χ2n) is 4.98. The van der Waals surface area contributed by atoms with Crippen molar-refractivity contribution < 1.29 is 9.90 Å². The van der Waals surface area contributed by atoms with E-state index in [1.165, 1.54) is 6.07 Å². The molecule has 0 heterocycles. The van der Waals surface area contributed by atoms with E-state index < -0.39 is 5.97 Å². The standard InChI is InChI=1S/C16H18N2O2/c1-10(2)12-5-3-4-6-14(12)18-15-9-11(17)7-8-13(15)16(19)20/h3-10,18H,17H2,1-2H3,(H,19,20). The van der Waals surface area contributed by atoms with E-state index in [9.17, 15) is 9.90 Å². The second kappa shape index (κ2) is 5.65. The van der Waals surface area contributed by atoms with E-state index in [4.69, 9.17) is 5.73 Å². The molecule has 0 fully saturated rings. The summed E-state index contributed by atoms with van der Waals surface area (Å²) in [6.07, 6.45) is 0. The van der Waals surface area contributed by atoms with E-state index >= 15 is 0 Å². The Labute approximate surface area is 118 Å². The Kier molecular flexibility index (Phi) is 3.94. The monoisotopic (exact) mass is 270 g/mol. The van der Waals surface area contributed by atoms with Gasteiger partial charge in [0, 0.05) is 11.4 Å². The maximum atomic E-state index is 11.3. The number of benzene rings is 2. The predicted octanol–water partition coefficient (Wildman–Crippen LogP) is 3.83. The molecule has 0 atom stereocenters. The van der Waals surface area contributed by atoms with Crippen LogP contribution in [0.3, 0.4) is 0 Å². The van der Waals surface area contributed by atoms with Crippen molar-refractivity contribution in [3.63, 3.8) is 0 Å². The number of carboxylic acids is 1. The van der Waals surface area contributed by atoms with Gasteiger partial charge in [0.15, 0.2) is 0 Å². The number of nitrogens with two attached hydrogens (primary N) is 1. The smallest absolute Gasteiger partial charge is 0.337 e. The highest BCUT2D eigenvalue weighted by molar-refractivity contribution is 5.96. The number of carbonyl (C=O) groups is 1. The molecule has 0 saturated heterocycles. The summed E-state index contributed by atoms with van der Waals surface area (Å²) in [6.45, 7) is 4.19. The van der Waals surface area contributed by atoms with Gasteiger partial charge in [0.05, 0.1) is 11.3 Å². The Morgan fingerprint density at radius 1 is 1.15 bits per heavy atom. The summed E-state index contributed by atoms with van der Waals surface area (Å²) in [5.74, 6) is -0.637. The first-order chi connectivity index (χ1) is 9.49. The first kappa shape index (κ1) is 13.9. The minimum absolute atomic E-state index is 0.206. The molecule has 0 aliphatic heterocycles. The minimum atomic E-state index is -0.977. The van der Waals surface area contributed by atoms with Gasteiger partial charge in [0.25, 0.3) is 0 Å².